The van der Waals surface area contributed by atoms with Crippen molar-refractivity contribution >= 4 is 11.9 Å². The first kappa shape index (κ1) is 12.0. The Morgan fingerprint density at radius 3 is 2.75 bits per heavy atom. The maximum Gasteiger partial charge on any atom is 0.333 e. The molecule has 16 heavy (non-hydrogen) atoms. The van der Waals surface area contributed by atoms with Crippen LogP contribution in [0.3, 0.4) is 0 Å². The molecule has 86 valence electrons. The Bertz CT molecular complexity index is 416. The van der Waals surface area contributed by atoms with Crippen molar-refractivity contribution in [2.45, 2.75) is 13.3 Å². The number of carbonyl (C=O) groups excluding carboxylic acids is 2. The lowest BCUT2D eigenvalue weighted by molar-refractivity contribution is -0.136. The van der Waals surface area contributed by atoms with Crippen molar-refractivity contribution in [1.82, 2.24) is 0 Å². The molecule has 0 bridgehead atoms. The number of ether oxygens (including phenoxy) is 2. The second kappa shape index (κ2) is 5.16. The quantitative estimate of drug-likeness (QED) is 0.572. The predicted octanol–water partition coefficient (Wildman–Crippen LogP) is 1.48. The maximum absolute atomic E-state index is 11.1. The molecular weight excluding hydrogens is 212 g/mol. The van der Waals surface area contributed by atoms with E-state index in [4.69, 9.17) is 9.15 Å². The molecule has 1 rings (SSSR count). The van der Waals surface area contributed by atoms with E-state index in [2.05, 4.69) is 11.3 Å². The summed E-state index contributed by atoms with van der Waals surface area (Å²) in [6.07, 6.45) is 1.51. The third-order valence-electron chi connectivity index (χ3n) is 1.81. The molecule has 0 N–H and O–H groups in total. The highest BCUT2D eigenvalue weighted by Crippen LogP contribution is 2.22. The summed E-state index contributed by atoms with van der Waals surface area (Å²) in [4.78, 5) is 21.9. The summed E-state index contributed by atoms with van der Waals surface area (Å²) in [5, 5.41) is 0. The lowest BCUT2D eigenvalue weighted by Gasteiger charge is -2.03. The monoisotopic (exact) mass is 224 g/mol. The number of rotatable bonds is 4. The van der Waals surface area contributed by atoms with Gasteiger partial charge in [-0.2, -0.15) is 0 Å². The lowest BCUT2D eigenvalue weighted by atomic mass is 10.2. The maximum atomic E-state index is 11.1. The van der Waals surface area contributed by atoms with Crippen molar-refractivity contribution in [3.63, 3.8) is 0 Å². The highest BCUT2D eigenvalue weighted by Gasteiger charge is 2.15. The van der Waals surface area contributed by atoms with Crippen molar-refractivity contribution in [3.8, 4) is 5.75 Å². The molecule has 0 saturated carbocycles. The van der Waals surface area contributed by atoms with E-state index >= 15 is 0 Å². The van der Waals surface area contributed by atoms with Crippen molar-refractivity contribution in [1.29, 1.82) is 0 Å². The van der Waals surface area contributed by atoms with Crippen LogP contribution in [0, 0.1) is 0 Å². The van der Waals surface area contributed by atoms with Crippen LogP contribution in [0.15, 0.2) is 28.9 Å². The molecule has 0 radical (unpaired) electrons. The fourth-order valence-electron chi connectivity index (χ4n) is 1.11. The van der Waals surface area contributed by atoms with Crippen molar-refractivity contribution < 1.29 is 23.5 Å². The average Bonchev–Trinajstić information content (AvgIpc) is 2.63. The van der Waals surface area contributed by atoms with E-state index in [9.17, 15) is 9.59 Å². The Kier molecular flexibility index (Phi) is 3.88. The molecule has 0 amide bonds. The van der Waals surface area contributed by atoms with E-state index in [1.165, 1.54) is 26.4 Å². The number of esters is 2. The first-order chi connectivity index (χ1) is 7.54. The summed E-state index contributed by atoms with van der Waals surface area (Å²) < 4.78 is 14.5. The van der Waals surface area contributed by atoms with E-state index in [1.807, 2.05) is 0 Å². The van der Waals surface area contributed by atoms with Gasteiger partial charge in [0.2, 0.25) is 0 Å². The van der Waals surface area contributed by atoms with Crippen LogP contribution in [0.25, 0.3) is 0 Å². The number of hydrogen-bond donors (Lipinski definition) is 0. The van der Waals surface area contributed by atoms with Gasteiger partial charge in [-0.15, -0.1) is 0 Å². The lowest BCUT2D eigenvalue weighted by Crippen LogP contribution is -2.07. The number of furan rings is 1. The predicted molar refractivity (Wildman–Crippen MR) is 54.9 cm³/mol. The molecule has 5 heteroatoms. The first-order valence-corrected chi connectivity index (χ1v) is 4.55. The first-order valence-electron chi connectivity index (χ1n) is 4.55. The zero-order valence-electron chi connectivity index (χ0n) is 9.11. The van der Waals surface area contributed by atoms with Crippen molar-refractivity contribution in [3.05, 3.63) is 30.2 Å². The summed E-state index contributed by atoms with van der Waals surface area (Å²) in [7, 11) is 1.27. The van der Waals surface area contributed by atoms with Gasteiger partial charge in [0.15, 0.2) is 11.5 Å². The Labute approximate surface area is 92.6 Å². The fourth-order valence-corrected chi connectivity index (χ4v) is 1.11. The standard InChI is InChI=1S/C11H12O5/c1-7(11(13)14-3)6-10-9(4-5-15-10)16-8(2)12/h4-5H,1,6H2,2-3H3. The van der Waals surface area contributed by atoms with Gasteiger partial charge >= 0.3 is 11.9 Å². The third-order valence-corrected chi connectivity index (χ3v) is 1.81. The van der Waals surface area contributed by atoms with Crippen LogP contribution in [-0.2, 0) is 20.7 Å². The minimum Gasteiger partial charge on any atom is -0.466 e. The van der Waals surface area contributed by atoms with Gasteiger partial charge in [-0.05, 0) is 0 Å². The molecule has 1 aromatic rings. The molecule has 0 atom stereocenters. The van der Waals surface area contributed by atoms with Crippen LogP contribution in [-0.4, -0.2) is 19.0 Å². The van der Waals surface area contributed by atoms with Crippen molar-refractivity contribution in [2.24, 2.45) is 0 Å². The molecule has 0 spiro atoms. The summed E-state index contributed by atoms with van der Waals surface area (Å²) in [6.45, 7) is 4.83. The molecule has 0 unspecified atom stereocenters. The van der Waals surface area contributed by atoms with Gasteiger partial charge in [-0.25, -0.2) is 4.79 Å². The number of methoxy groups -OCH3 is 1. The van der Waals surface area contributed by atoms with Gasteiger partial charge in [0.05, 0.1) is 13.4 Å². The number of hydrogen-bond acceptors (Lipinski definition) is 5. The Hall–Kier alpha value is -2.04. The minimum absolute atomic E-state index is 0.141. The van der Waals surface area contributed by atoms with E-state index in [0.717, 1.165) is 0 Å². The normalized spacial score (nSPS) is 9.62. The molecule has 0 aliphatic carbocycles. The highest BCUT2D eigenvalue weighted by atomic mass is 16.5. The molecule has 0 saturated heterocycles. The van der Waals surface area contributed by atoms with Gasteiger partial charge in [0.25, 0.3) is 0 Å². The summed E-state index contributed by atoms with van der Waals surface area (Å²) in [5.41, 5.74) is 0.228. The van der Waals surface area contributed by atoms with Crippen LogP contribution in [0.2, 0.25) is 0 Å². The van der Waals surface area contributed by atoms with Gasteiger partial charge in [-0.3, -0.25) is 4.79 Å². The summed E-state index contributed by atoms with van der Waals surface area (Å²) in [5.74, 6) is -0.320. The second-order valence-electron chi connectivity index (χ2n) is 3.07. The Balaban J connectivity index is 2.74. The average molecular weight is 224 g/mol. The van der Waals surface area contributed by atoms with Gasteiger partial charge in [0.1, 0.15) is 0 Å². The van der Waals surface area contributed by atoms with Crippen LogP contribution >= 0.6 is 0 Å². The van der Waals surface area contributed by atoms with Gasteiger partial charge in [-0.1, -0.05) is 6.58 Å². The zero-order chi connectivity index (χ0) is 12.1. The SMILES string of the molecule is C=C(Cc1occc1OC(C)=O)C(=O)OC. The third kappa shape index (κ3) is 2.98. The van der Waals surface area contributed by atoms with Crippen LogP contribution in [0.4, 0.5) is 0 Å². The van der Waals surface area contributed by atoms with E-state index in [0.29, 0.717) is 5.76 Å². The van der Waals surface area contributed by atoms with E-state index in [1.54, 1.807) is 0 Å². The minimum atomic E-state index is -0.523. The molecule has 0 aromatic carbocycles. The molecule has 1 heterocycles. The smallest absolute Gasteiger partial charge is 0.333 e. The molecule has 0 fully saturated rings. The Morgan fingerprint density at radius 2 is 2.19 bits per heavy atom. The summed E-state index contributed by atoms with van der Waals surface area (Å²) in [6, 6.07) is 1.50. The summed E-state index contributed by atoms with van der Waals surface area (Å²) >= 11 is 0. The molecular formula is C11H12O5. The van der Waals surface area contributed by atoms with Gasteiger partial charge < -0.3 is 13.9 Å². The van der Waals surface area contributed by atoms with Crippen LogP contribution in [0.5, 0.6) is 5.75 Å². The van der Waals surface area contributed by atoms with E-state index in [-0.39, 0.29) is 17.7 Å². The Morgan fingerprint density at radius 1 is 1.50 bits per heavy atom. The topological polar surface area (TPSA) is 65.7 Å². The molecule has 0 aliphatic rings. The number of carbonyl (C=O) groups is 2. The second-order valence-corrected chi connectivity index (χ2v) is 3.07. The largest absolute Gasteiger partial charge is 0.466 e. The van der Waals surface area contributed by atoms with Crippen molar-refractivity contribution in [2.75, 3.05) is 7.11 Å². The fraction of sp³-hybridized carbons (Fsp3) is 0.273. The zero-order valence-corrected chi connectivity index (χ0v) is 9.11. The van der Waals surface area contributed by atoms with Crippen LogP contribution < -0.4 is 4.74 Å². The van der Waals surface area contributed by atoms with Gasteiger partial charge in [0, 0.05) is 25.0 Å². The van der Waals surface area contributed by atoms with Crippen LogP contribution in [0.1, 0.15) is 12.7 Å². The molecule has 5 nitrogen and oxygen atoms in total. The molecule has 0 aliphatic heterocycles. The highest BCUT2D eigenvalue weighted by molar-refractivity contribution is 5.88. The van der Waals surface area contributed by atoms with E-state index < -0.39 is 11.9 Å². The molecule has 1 aromatic heterocycles.